The van der Waals surface area contributed by atoms with Crippen LogP contribution in [0.5, 0.6) is 0 Å². The smallest absolute Gasteiger partial charge is 0.193 e. The predicted octanol–water partition coefficient (Wildman–Crippen LogP) is 3.26. The second kappa shape index (κ2) is 5.73. The predicted molar refractivity (Wildman–Crippen MR) is 79.5 cm³/mol. The number of benzene rings is 1. The van der Waals surface area contributed by atoms with E-state index in [0.29, 0.717) is 6.04 Å². The molecule has 1 atom stereocenters. The Hall–Kier alpha value is -1.72. The monoisotopic (exact) mass is 289 g/mol. The molecule has 5 heteroatoms. The number of imidazole rings is 1. The van der Waals surface area contributed by atoms with Gasteiger partial charge in [-0.1, -0.05) is 12.1 Å². The maximum absolute atomic E-state index is 12.8. The fourth-order valence-corrected chi connectivity index (χ4v) is 2.91. The van der Waals surface area contributed by atoms with Gasteiger partial charge in [0.15, 0.2) is 4.96 Å². The molecule has 20 heavy (non-hydrogen) atoms. The van der Waals surface area contributed by atoms with Crippen molar-refractivity contribution < 1.29 is 4.39 Å². The van der Waals surface area contributed by atoms with Crippen molar-refractivity contribution in [3.05, 3.63) is 59.1 Å². The van der Waals surface area contributed by atoms with Crippen LogP contribution < -0.4 is 5.32 Å². The quantitative estimate of drug-likeness (QED) is 0.781. The number of hydrogen-bond donors (Lipinski definition) is 1. The van der Waals surface area contributed by atoms with Gasteiger partial charge in [-0.3, -0.25) is 4.40 Å². The van der Waals surface area contributed by atoms with E-state index in [-0.39, 0.29) is 5.82 Å². The van der Waals surface area contributed by atoms with Crippen LogP contribution in [-0.4, -0.2) is 15.4 Å². The lowest BCUT2D eigenvalue weighted by Crippen LogP contribution is -2.27. The summed E-state index contributed by atoms with van der Waals surface area (Å²) in [4.78, 5) is 5.55. The van der Waals surface area contributed by atoms with Crippen molar-refractivity contribution in [1.29, 1.82) is 0 Å². The summed E-state index contributed by atoms with van der Waals surface area (Å²) in [7, 11) is 0. The molecule has 0 saturated carbocycles. The molecule has 1 N–H and O–H groups in total. The summed E-state index contributed by atoms with van der Waals surface area (Å²) in [6.07, 6.45) is 4.93. The number of hydrogen-bond acceptors (Lipinski definition) is 3. The maximum Gasteiger partial charge on any atom is 0.193 e. The number of nitrogens with zero attached hydrogens (tertiary/aromatic N) is 2. The van der Waals surface area contributed by atoms with E-state index in [1.165, 1.54) is 12.1 Å². The number of nitrogens with one attached hydrogen (secondary N) is 1. The lowest BCUT2D eigenvalue weighted by molar-refractivity contribution is 0.540. The first-order valence-corrected chi connectivity index (χ1v) is 7.47. The van der Waals surface area contributed by atoms with Crippen molar-refractivity contribution in [2.24, 2.45) is 0 Å². The lowest BCUT2D eigenvalue weighted by Gasteiger charge is -2.12. The first-order valence-electron chi connectivity index (χ1n) is 6.59. The topological polar surface area (TPSA) is 29.3 Å². The molecule has 0 amide bonds. The molecule has 3 aromatic rings. The second-order valence-corrected chi connectivity index (χ2v) is 5.81. The second-order valence-electron chi connectivity index (χ2n) is 4.94. The summed E-state index contributed by atoms with van der Waals surface area (Å²) in [5.41, 5.74) is 2.18. The highest BCUT2D eigenvalue weighted by atomic mass is 32.1. The van der Waals surface area contributed by atoms with E-state index in [2.05, 4.69) is 17.2 Å². The highest BCUT2D eigenvalue weighted by Gasteiger charge is 2.06. The van der Waals surface area contributed by atoms with Gasteiger partial charge in [0, 0.05) is 30.4 Å². The van der Waals surface area contributed by atoms with Crippen LogP contribution in [-0.2, 0) is 13.0 Å². The number of halogens is 1. The summed E-state index contributed by atoms with van der Waals surface area (Å²) in [6, 6.07) is 7.00. The van der Waals surface area contributed by atoms with Crippen LogP contribution in [0.25, 0.3) is 4.96 Å². The van der Waals surface area contributed by atoms with Crippen LogP contribution in [0.15, 0.2) is 42.0 Å². The van der Waals surface area contributed by atoms with Gasteiger partial charge in [-0.2, -0.15) is 0 Å². The number of rotatable bonds is 5. The molecule has 2 aromatic heterocycles. The van der Waals surface area contributed by atoms with E-state index in [9.17, 15) is 4.39 Å². The Morgan fingerprint density at radius 1 is 1.35 bits per heavy atom. The molecule has 0 aliphatic carbocycles. The number of thiazole rings is 1. The standard InChI is InChI=1S/C15H16FN3S/c1-11(8-12-2-4-13(16)5-3-12)17-9-14-10-19-6-7-20-15(19)18-14/h2-7,10-11,17H,8-9H2,1H3. The Labute approximate surface area is 121 Å². The summed E-state index contributed by atoms with van der Waals surface area (Å²) in [5, 5.41) is 5.47. The van der Waals surface area contributed by atoms with E-state index >= 15 is 0 Å². The average molecular weight is 289 g/mol. The van der Waals surface area contributed by atoms with Gasteiger partial charge in [0.25, 0.3) is 0 Å². The molecule has 104 valence electrons. The first kappa shape index (κ1) is 13.3. The van der Waals surface area contributed by atoms with Crippen LogP contribution in [0.4, 0.5) is 4.39 Å². The van der Waals surface area contributed by atoms with E-state index in [1.54, 1.807) is 11.3 Å². The molecule has 0 aliphatic heterocycles. The lowest BCUT2D eigenvalue weighted by atomic mass is 10.1. The molecule has 0 aliphatic rings. The Bertz CT molecular complexity index is 658. The van der Waals surface area contributed by atoms with E-state index in [1.807, 2.05) is 34.3 Å². The molecule has 0 bridgehead atoms. The summed E-state index contributed by atoms with van der Waals surface area (Å²) < 4.78 is 14.9. The van der Waals surface area contributed by atoms with Crippen molar-refractivity contribution in [1.82, 2.24) is 14.7 Å². The number of fused-ring (bicyclic) bond motifs is 1. The van der Waals surface area contributed by atoms with Crippen LogP contribution in [0.1, 0.15) is 18.2 Å². The molecule has 0 radical (unpaired) electrons. The summed E-state index contributed by atoms with van der Waals surface area (Å²) >= 11 is 1.63. The minimum atomic E-state index is -0.188. The van der Waals surface area contributed by atoms with Crippen molar-refractivity contribution in [2.45, 2.75) is 25.9 Å². The molecular formula is C15H16FN3S. The zero-order chi connectivity index (χ0) is 13.9. The molecule has 1 unspecified atom stereocenters. The van der Waals surface area contributed by atoms with Gasteiger partial charge in [-0.15, -0.1) is 11.3 Å². The Morgan fingerprint density at radius 2 is 2.15 bits per heavy atom. The molecular weight excluding hydrogens is 273 g/mol. The van der Waals surface area contributed by atoms with Crippen LogP contribution in [0.2, 0.25) is 0 Å². The Morgan fingerprint density at radius 3 is 2.90 bits per heavy atom. The summed E-state index contributed by atoms with van der Waals surface area (Å²) in [5.74, 6) is -0.188. The zero-order valence-electron chi connectivity index (χ0n) is 11.2. The van der Waals surface area contributed by atoms with Crippen molar-refractivity contribution in [3.63, 3.8) is 0 Å². The molecule has 1 aromatic carbocycles. The van der Waals surface area contributed by atoms with E-state index < -0.39 is 0 Å². The fraction of sp³-hybridized carbons (Fsp3) is 0.267. The molecule has 0 fully saturated rings. The average Bonchev–Trinajstić information content (AvgIpc) is 3.00. The Balaban J connectivity index is 1.55. The third-order valence-electron chi connectivity index (χ3n) is 3.23. The van der Waals surface area contributed by atoms with Gasteiger partial charge >= 0.3 is 0 Å². The van der Waals surface area contributed by atoms with Crippen LogP contribution >= 0.6 is 11.3 Å². The third-order valence-corrected chi connectivity index (χ3v) is 4.00. The SMILES string of the molecule is CC(Cc1ccc(F)cc1)NCc1cn2ccsc2n1. The van der Waals surface area contributed by atoms with Crippen LogP contribution in [0, 0.1) is 5.82 Å². The molecule has 3 rings (SSSR count). The molecule has 2 heterocycles. The third kappa shape index (κ3) is 3.05. The largest absolute Gasteiger partial charge is 0.308 e. The van der Waals surface area contributed by atoms with E-state index in [4.69, 9.17) is 0 Å². The van der Waals surface area contributed by atoms with Gasteiger partial charge in [0.1, 0.15) is 5.82 Å². The van der Waals surface area contributed by atoms with Gasteiger partial charge in [0.05, 0.1) is 5.69 Å². The minimum Gasteiger partial charge on any atom is -0.308 e. The Kier molecular flexibility index (Phi) is 3.80. The van der Waals surface area contributed by atoms with Crippen molar-refractivity contribution in [3.8, 4) is 0 Å². The van der Waals surface area contributed by atoms with Crippen molar-refractivity contribution >= 4 is 16.3 Å². The highest BCUT2D eigenvalue weighted by Crippen LogP contribution is 2.11. The van der Waals surface area contributed by atoms with Crippen molar-refractivity contribution in [2.75, 3.05) is 0 Å². The van der Waals surface area contributed by atoms with Crippen LogP contribution in [0.3, 0.4) is 0 Å². The van der Waals surface area contributed by atoms with E-state index in [0.717, 1.165) is 29.2 Å². The minimum absolute atomic E-state index is 0.188. The van der Waals surface area contributed by atoms with Gasteiger partial charge in [-0.05, 0) is 31.0 Å². The first-order chi connectivity index (χ1) is 9.70. The highest BCUT2D eigenvalue weighted by molar-refractivity contribution is 7.15. The maximum atomic E-state index is 12.8. The number of aromatic nitrogens is 2. The molecule has 0 spiro atoms. The normalized spacial score (nSPS) is 12.9. The summed E-state index contributed by atoms with van der Waals surface area (Å²) in [6.45, 7) is 2.87. The molecule has 0 saturated heterocycles. The molecule has 3 nitrogen and oxygen atoms in total. The van der Waals surface area contributed by atoms with Gasteiger partial charge < -0.3 is 5.32 Å². The van der Waals surface area contributed by atoms with Gasteiger partial charge in [-0.25, -0.2) is 9.37 Å². The van der Waals surface area contributed by atoms with Gasteiger partial charge in [0.2, 0.25) is 0 Å². The zero-order valence-corrected chi connectivity index (χ0v) is 12.0. The fourth-order valence-electron chi connectivity index (χ4n) is 2.19.